The lowest BCUT2D eigenvalue weighted by molar-refractivity contribution is 0.686. The van der Waals surface area contributed by atoms with Crippen molar-refractivity contribution in [2.45, 2.75) is 13.5 Å². The largest absolute Gasteiger partial charge is 0.268 e. The molecule has 0 spiro atoms. The minimum Gasteiger partial charge on any atom is -0.268 e. The predicted octanol–water partition coefficient (Wildman–Crippen LogP) is 3.25. The summed E-state index contributed by atoms with van der Waals surface area (Å²) in [5.41, 5.74) is 5.65. The molecule has 0 saturated heterocycles. The van der Waals surface area contributed by atoms with Gasteiger partial charge in [-0.15, -0.1) is 0 Å². The minimum absolute atomic E-state index is 0.649. The maximum Gasteiger partial charge on any atom is 0.178 e. The van der Waals surface area contributed by atoms with Gasteiger partial charge in [-0.05, 0) is 24.6 Å². The molecule has 0 aliphatic heterocycles. The molecule has 3 aromatic heterocycles. The zero-order valence-corrected chi connectivity index (χ0v) is 12.7. The lowest BCUT2D eigenvalue weighted by atomic mass is 10.1. The number of rotatable bonds is 3. The number of hydrogen-bond acceptors (Lipinski definition) is 4. The van der Waals surface area contributed by atoms with E-state index in [1.165, 1.54) is 11.1 Å². The summed E-state index contributed by atoms with van der Waals surface area (Å²) < 4.78 is 1.91. The van der Waals surface area contributed by atoms with Crippen LogP contribution in [-0.4, -0.2) is 24.7 Å². The number of hydrogen-bond donors (Lipinski definition) is 0. The smallest absolute Gasteiger partial charge is 0.178 e. The highest BCUT2D eigenvalue weighted by Crippen LogP contribution is 2.18. The number of fused-ring (bicyclic) bond motifs is 1. The monoisotopic (exact) mass is 301 g/mol. The number of aryl methyl sites for hydroxylation is 1. The van der Waals surface area contributed by atoms with Gasteiger partial charge in [0.05, 0.1) is 24.6 Å². The van der Waals surface area contributed by atoms with Crippen LogP contribution in [0, 0.1) is 6.92 Å². The third-order valence-electron chi connectivity index (χ3n) is 3.67. The fraction of sp³-hybridized carbons (Fsp3) is 0.111. The molecule has 4 aromatic rings. The molecule has 0 radical (unpaired) electrons. The Morgan fingerprint density at radius 3 is 2.91 bits per heavy atom. The highest BCUT2D eigenvalue weighted by atomic mass is 15.3. The molecule has 5 heteroatoms. The molecule has 0 N–H and O–H groups in total. The predicted molar refractivity (Wildman–Crippen MR) is 88.8 cm³/mol. The molecule has 0 unspecified atom stereocenters. The Kier molecular flexibility index (Phi) is 3.31. The topological polar surface area (TPSA) is 56.5 Å². The summed E-state index contributed by atoms with van der Waals surface area (Å²) in [6.45, 7) is 2.83. The van der Waals surface area contributed by atoms with E-state index in [1.807, 2.05) is 29.2 Å². The molecule has 0 atom stereocenters. The first-order valence-corrected chi connectivity index (χ1v) is 7.44. The van der Waals surface area contributed by atoms with Crippen molar-refractivity contribution in [3.05, 3.63) is 72.3 Å². The number of benzene rings is 1. The summed E-state index contributed by atoms with van der Waals surface area (Å²) in [4.78, 5) is 13.2. The van der Waals surface area contributed by atoms with Gasteiger partial charge in [-0.3, -0.25) is 9.67 Å². The van der Waals surface area contributed by atoms with Gasteiger partial charge in [-0.1, -0.05) is 29.8 Å². The molecule has 5 nitrogen and oxygen atoms in total. The van der Waals surface area contributed by atoms with Gasteiger partial charge in [0.1, 0.15) is 5.52 Å². The summed E-state index contributed by atoms with van der Waals surface area (Å²) in [6, 6.07) is 12.2. The number of nitrogens with zero attached hydrogens (tertiary/aromatic N) is 5. The fourth-order valence-corrected chi connectivity index (χ4v) is 2.57. The van der Waals surface area contributed by atoms with Crippen LogP contribution < -0.4 is 0 Å². The van der Waals surface area contributed by atoms with E-state index >= 15 is 0 Å². The molecule has 4 rings (SSSR count). The zero-order chi connectivity index (χ0) is 15.6. The van der Waals surface area contributed by atoms with Gasteiger partial charge in [-0.2, -0.15) is 5.10 Å². The van der Waals surface area contributed by atoms with Crippen LogP contribution in [0.3, 0.4) is 0 Å². The van der Waals surface area contributed by atoms with E-state index < -0.39 is 0 Å². The van der Waals surface area contributed by atoms with Crippen LogP contribution in [0.4, 0.5) is 0 Å². The third kappa shape index (κ3) is 2.81. The Morgan fingerprint density at radius 2 is 2.00 bits per heavy atom. The van der Waals surface area contributed by atoms with Crippen LogP contribution in [0.5, 0.6) is 0 Å². The Bertz CT molecular complexity index is 974. The number of aromatic nitrogens is 5. The molecule has 0 fully saturated rings. The third-order valence-corrected chi connectivity index (χ3v) is 3.67. The Balaban J connectivity index is 1.63. The van der Waals surface area contributed by atoms with E-state index in [9.17, 15) is 0 Å². The second-order valence-corrected chi connectivity index (χ2v) is 5.52. The molecular weight excluding hydrogens is 286 g/mol. The average molecular weight is 301 g/mol. The van der Waals surface area contributed by atoms with Gasteiger partial charge in [0.15, 0.2) is 5.65 Å². The maximum absolute atomic E-state index is 4.55. The van der Waals surface area contributed by atoms with E-state index in [0.717, 1.165) is 23.3 Å². The van der Waals surface area contributed by atoms with E-state index in [4.69, 9.17) is 0 Å². The average Bonchev–Trinajstić information content (AvgIpc) is 3.03. The van der Waals surface area contributed by atoms with Gasteiger partial charge in [0.25, 0.3) is 0 Å². The second-order valence-electron chi connectivity index (χ2n) is 5.52. The summed E-state index contributed by atoms with van der Waals surface area (Å²) in [5, 5.41) is 4.43. The van der Waals surface area contributed by atoms with Crippen molar-refractivity contribution < 1.29 is 0 Å². The zero-order valence-electron chi connectivity index (χ0n) is 12.7. The Hall–Kier alpha value is -3.08. The van der Waals surface area contributed by atoms with Gasteiger partial charge < -0.3 is 0 Å². The van der Waals surface area contributed by atoms with Crippen LogP contribution in [0.15, 0.2) is 61.2 Å². The lowest BCUT2D eigenvalue weighted by Gasteiger charge is -2.03. The standard InChI is InChI=1S/C18H15N5/c1-13-4-2-5-14(8-13)11-23-12-15(9-21-23)17-10-20-16-6-3-7-19-18(16)22-17/h2-10,12H,11H2,1H3. The first kappa shape index (κ1) is 13.6. The molecule has 0 aliphatic rings. The molecule has 112 valence electrons. The van der Waals surface area contributed by atoms with E-state index in [1.54, 1.807) is 12.4 Å². The van der Waals surface area contributed by atoms with Crippen molar-refractivity contribution in [3.8, 4) is 11.3 Å². The SMILES string of the molecule is Cc1cccc(Cn2cc(-c3cnc4cccnc4n3)cn2)c1. The van der Waals surface area contributed by atoms with Crippen molar-refractivity contribution in [3.63, 3.8) is 0 Å². The fourth-order valence-electron chi connectivity index (χ4n) is 2.57. The molecule has 0 saturated carbocycles. The quantitative estimate of drug-likeness (QED) is 0.583. The highest BCUT2D eigenvalue weighted by Gasteiger charge is 2.06. The lowest BCUT2D eigenvalue weighted by Crippen LogP contribution is -1.99. The van der Waals surface area contributed by atoms with Gasteiger partial charge in [0, 0.05) is 18.0 Å². The van der Waals surface area contributed by atoms with Gasteiger partial charge in [-0.25, -0.2) is 9.97 Å². The maximum atomic E-state index is 4.55. The summed E-state index contributed by atoms with van der Waals surface area (Å²) in [7, 11) is 0. The summed E-state index contributed by atoms with van der Waals surface area (Å²) in [6.07, 6.45) is 7.29. The highest BCUT2D eigenvalue weighted by molar-refractivity contribution is 5.72. The molecule has 1 aromatic carbocycles. The van der Waals surface area contributed by atoms with E-state index in [-0.39, 0.29) is 0 Å². The van der Waals surface area contributed by atoms with Crippen molar-refractivity contribution in [1.29, 1.82) is 0 Å². The van der Waals surface area contributed by atoms with Crippen LogP contribution in [0.1, 0.15) is 11.1 Å². The molecular formula is C18H15N5. The summed E-state index contributed by atoms with van der Waals surface area (Å²) in [5.74, 6) is 0. The van der Waals surface area contributed by atoms with Crippen LogP contribution >= 0.6 is 0 Å². The first-order chi connectivity index (χ1) is 11.3. The van der Waals surface area contributed by atoms with Crippen LogP contribution in [0.2, 0.25) is 0 Å². The van der Waals surface area contributed by atoms with Crippen LogP contribution in [-0.2, 0) is 6.54 Å². The van der Waals surface area contributed by atoms with Crippen molar-refractivity contribution in [1.82, 2.24) is 24.7 Å². The van der Waals surface area contributed by atoms with Gasteiger partial charge >= 0.3 is 0 Å². The van der Waals surface area contributed by atoms with Crippen molar-refractivity contribution >= 4 is 11.2 Å². The van der Waals surface area contributed by atoms with Crippen molar-refractivity contribution in [2.24, 2.45) is 0 Å². The van der Waals surface area contributed by atoms with Crippen molar-refractivity contribution in [2.75, 3.05) is 0 Å². The molecule has 3 heterocycles. The number of pyridine rings is 1. The summed E-state index contributed by atoms with van der Waals surface area (Å²) >= 11 is 0. The Labute approximate surface area is 133 Å². The van der Waals surface area contributed by atoms with Crippen LogP contribution in [0.25, 0.3) is 22.4 Å². The molecule has 0 bridgehead atoms. The second kappa shape index (κ2) is 5.61. The first-order valence-electron chi connectivity index (χ1n) is 7.44. The Morgan fingerprint density at radius 1 is 1.04 bits per heavy atom. The molecule has 23 heavy (non-hydrogen) atoms. The van der Waals surface area contributed by atoms with E-state index in [0.29, 0.717) is 5.65 Å². The minimum atomic E-state index is 0.649. The van der Waals surface area contributed by atoms with E-state index in [2.05, 4.69) is 51.2 Å². The molecule has 0 amide bonds. The molecule has 0 aliphatic carbocycles. The van der Waals surface area contributed by atoms with Gasteiger partial charge in [0.2, 0.25) is 0 Å². The normalized spacial score (nSPS) is 11.0.